The molecule has 0 spiro atoms. The third-order valence-electron chi connectivity index (χ3n) is 5.79. The van der Waals surface area contributed by atoms with Crippen LogP contribution < -0.4 is 0 Å². The Balaban J connectivity index is 2.08. The van der Waals surface area contributed by atoms with Gasteiger partial charge in [0.25, 0.3) is 0 Å². The lowest BCUT2D eigenvalue weighted by molar-refractivity contribution is -0.128. The molecule has 2 aliphatic carbocycles. The van der Waals surface area contributed by atoms with Crippen molar-refractivity contribution < 1.29 is 13.2 Å². The van der Waals surface area contributed by atoms with Crippen LogP contribution in [0.1, 0.15) is 66.7 Å². The molecule has 2 aliphatic rings. The number of Topliss-reactive ketones (excluding diaryl/α,β-unsaturated/α-hetero) is 1. The van der Waals surface area contributed by atoms with Crippen LogP contribution in [0.3, 0.4) is 0 Å². The summed E-state index contributed by atoms with van der Waals surface area (Å²) in [7, 11) is -3.08. The molecule has 1 saturated carbocycles. The molecule has 3 nitrogen and oxygen atoms in total. The van der Waals surface area contributed by atoms with Gasteiger partial charge in [0, 0.05) is 12.3 Å². The maximum absolute atomic E-state index is 12.3. The normalized spacial score (nSPS) is 30.9. The number of carbonyl (C=O) groups is 1. The number of fused-ring (bicyclic) bond motifs is 1. The summed E-state index contributed by atoms with van der Waals surface area (Å²) in [6.45, 7) is 9.62. The first kappa shape index (κ1) is 17.7. The van der Waals surface area contributed by atoms with E-state index in [1.807, 2.05) is 0 Å². The van der Waals surface area contributed by atoms with Crippen LogP contribution in [0.2, 0.25) is 0 Å². The van der Waals surface area contributed by atoms with Crippen LogP contribution in [-0.2, 0) is 14.6 Å². The number of carbonyl (C=O) groups excluding carboxylic acids is 1. The second kappa shape index (κ2) is 5.77. The van der Waals surface area contributed by atoms with Crippen molar-refractivity contribution >= 4 is 15.6 Å². The minimum atomic E-state index is -3.08. The number of sulfone groups is 1. The summed E-state index contributed by atoms with van der Waals surface area (Å²) in [6.07, 6.45) is 6.47. The number of ketones is 1. The molecule has 3 atom stereocenters. The van der Waals surface area contributed by atoms with Gasteiger partial charge in [-0.1, -0.05) is 25.5 Å². The van der Waals surface area contributed by atoms with E-state index in [-0.39, 0.29) is 23.0 Å². The average Bonchev–Trinajstić information content (AvgIpc) is 2.73. The first-order chi connectivity index (χ1) is 9.99. The van der Waals surface area contributed by atoms with E-state index in [1.165, 1.54) is 5.57 Å². The Morgan fingerprint density at radius 1 is 1.36 bits per heavy atom. The maximum atomic E-state index is 12.3. The Morgan fingerprint density at radius 2 is 2.00 bits per heavy atom. The zero-order valence-electron chi connectivity index (χ0n) is 14.6. The zero-order valence-corrected chi connectivity index (χ0v) is 15.4. The molecule has 0 aromatic carbocycles. The molecule has 1 fully saturated rings. The molecular formula is C18H30O3S. The Hall–Kier alpha value is -0.640. The third-order valence-corrected chi connectivity index (χ3v) is 8.43. The zero-order chi connectivity index (χ0) is 16.8. The predicted octanol–water partition coefficient (Wildman–Crippen LogP) is 3.93. The van der Waals surface area contributed by atoms with Gasteiger partial charge in [-0.05, 0) is 57.8 Å². The van der Waals surface area contributed by atoms with E-state index in [0.717, 1.165) is 19.3 Å². The molecule has 0 aromatic heterocycles. The van der Waals surface area contributed by atoms with Gasteiger partial charge in [0.05, 0.1) is 10.5 Å². The smallest absolute Gasteiger partial charge is 0.155 e. The van der Waals surface area contributed by atoms with Gasteiger partial charge < -0.3 is 0 Å². The summed E-state index contributed by atoms with van der Waals surface area (Å²) in [5.41, 5.74) is 1.30. The van der Waals surface area contributed by atoms with Crippen LogP contribution in [0.5, 0.6) is 0 Å². The molecule has 0 saturated heterocycles. The van der Waals surface area contributed by atoms with E-state index >= 15 is 0 Å². The fourth-order valence-corrected chi connectivity index (χ4v) is 5.38. The van der Waals surface area contributed by atoms with Gasteiger partial charge in [-0.15, -0.1) is 0 Å². The summed E-state index contributed by atoms with van der Waals surface area (Å²) >= 11 is 0. The van der Waals surface area contributed by atoms with Crippen LogP contribution in [0, 0.1) is 17.3 Å². The molecule has 22 heavy (non-hydrogen) atoms. The van der Waals surface area contributed by atoms with Crippen molar-refractivity contribution in [2.45, 2.75) is 71.5 Å². The van der Waals surface area contributed by atoms with Gasteiger partial charge in [0.1, 0.15) is 5.78 Å². The highest BCUT2D eigenvalue weighted by Gasteiger charge is 2.48. The van der Waals surface area contributed by atoms with Crippen molar-refractivity contribution in [1.29, 1.82) is 0 Å². The van der Waals surface area contributed by atoms with Gasteiger partial charge >= 0.3 is 0 Å². The Labute approximate surface area is 135 Å². The molecule has 4 heteroatoms. The summed E-state index contributed by atoms with van der Waals surface area (Å²) in [5, 5.41) is 0. The van der Waals surface area contributed by atoms with E-state index in [1.54, 1.807) is 20.8 Å². The van der Waals surface area contributed by atoms with E-state index < -0.39 is 14.6 Å². The topological polar surface area (TPSA) is 51.2 Å². The molecular weight excluding hydrogens is 296 g/mol. The highest BCUT2D eigenvalue weighted by Crippen LogP contribution is 2.53. The fourth-order valence-electron chi connectivity index (χ4n) is 4.11. The lowest BCUT2D eigenvalue weighted by Gasteiger charge is -2.40. The molecule has 0 heterocycles. The average molecular weight is 327 g/mol. The molecule has 0 N–H and O–H groups in total. The quantitative estimate of drug-likeness (QED) is 0.735. The minimum Gasteiger partial charge on any atom is -0.299 e. The van der Waals surface area contributed by atoms with Gasteiger partial charge in [-0.3, -0.25) is 4.79 Å². The molecule has 2 rings (SSSR count). The molecule has 126 valence electrons. The molecule has 0 aliphatic heterocycles. The first-order valence-electron chi connectivity index (χ1n) is 8.44. The Bertz CT molecular complexity index is 580. The largest absolute Gasteiger partial charge is 0.299 e. The van der Waals surface area contributed by atoms with E-state index in [9.17, 15) is 13.2 Å². The Morgan fingerprint density at radius 3 is 2.59 bits per heavy atom. The second-order valence-corrected chi connectivity index (χ2v) is 11.2. The van der Waals surface area contributed by atoms with E-state index in [0.29, 0.717) is 18.6 Å². The number of allylic oxidation sites excluding steroid dienone is 2. The van der Waals surface area contributed by atoms with Gasteiger partial charge in [0.15, 0.2) is 9.84 Å². The van der Waals surface area contributed by atoms with Crippen LogP contribution in [0.15, 0.2) is 11.6 Å². The fraction of sp³-hybridized carbons (Fsp3) is 0.833. The van der Waals surface area contributed by atoms with Gasteiger partial charge in [-0.2, -0.15) is 0 Å². The SMILES string of the molecule is C[C@H](CCS(=O)(=O)C(C)(C)C)C1=CC[C@H]2C(=O)CCC[C@]12C. The van der Waals surface area contributed by atoms with Crippen LogP contribution in [0.25, 0.3) is 0 Å². The van der Waals surface area contributed by atoms with E-state index in [4.69, 9.17) is 0 Å². The highest BCUT2D eigenvalue weighted by atomic mass is 32.2. The van der Waals surface area contributed by atoms with Crippen LogP contribution >= 0.6 is 0 Å². The number of rotatable bonds is 4. The standard InChI is InChI=1S/C18H30O3S/c1-13(10-12-22(20,21)17(2,3)4)14-8-9-15-16(19)7-6-11-18(14,15)5/h8,13,15H,6-7,9-12H2,1-5H3/t13-,15+,18-/m1/s1. The van der Waals surface area contributed by atoms with Gasteiger partial charge in [0.2, 0.25) is 0 Å². The third kappa shape index (κ3) is 3.04. The second-order valence-electron chi connectivity index (χ2n) is 8.31. The van der Waals surface area contributed by atoms with Crippen LogP contribution in [0.4, 0.5) is 0 Å². The van der Waals surface area contributed by atoms with Crippen molar-refractivity contribution in [3.05, 3.63) is 11.6 Å². The van der Waals surface area contributed by atoms with Crippen molar-refractivity contribution in [3.63, 3.8) is 0 Å². The van der Waals surface area contributed by atoms with Gasteiger partial charge in [-0.25, -0.2) is 8.42 Å². The predicted molar refractivity (Wildman–Crippen MR) is 90.5 cm³/mol. The summed E-state index contributed by atoms with van der Waals surface area (Å²) in [4.78, 5) is 12.2. The number of hydrogen-bond donors (Lipinski definition) is 0. The number of hydrogen-bond acceptors (Lipinski definition) is 3. The molecule has 0 aromatic rings. The summed E-state index contributed by atoms with van der Waals surface area (Å²) in [6, 6.07) is 0. The molecule has 0 amide bonds. The van der Waals surface area contributed by atoms with Crippen molar-refractivity contribution in [2.24, 2.45) is 17.3 Å². The summed E-state index contributed by atoms with van der Waals surface area (Å²) < 4.78 is 23.9. The molecule has 0 bridgehead atoms. The minimum absolute atomic E-state index is 0.0275. The summed E-state index contributed by atoms with van der Waals surface area (Å²) in [5.74, 6) is 0.995. The molecule has 0 unspecified atom stereocenters. The van der Waals surface area contributed by atoms with Crippen LogP contribution in [-0.4, -0.2) is 24.7 Å². The lowest BCUT2D eigenvalue weighted by Crippen LogP contribution is -2.37. The highest BCUT2D eigenvalue weighted by molar-refractivity contribution is 7.92. The Kier molecular flexibility index (Phi) is 4.65. The lowest BCUT2D eigenvalue weighted by atomic mass is 9.63. The molecule has 0 radical (unpaired) electrons. The van der Waals surface area contributed by atoms with Crippen molar-refractivity contribution in [1.82, 2.24) is 0 Å². The maximum Gasteiger partial charge on any atom is 0.155 e. The van der Waals surface area contributed by atoms with Crippen molar-refractivity contribution in [2.75, 3.05) is 5.75 Å². The van der Waals surface area contributed by atoms with Crippen molar-refractivity contribution in [3.8, 4) is 0 Å². The monoisotopic (exact) mass is 326 g/mol. The first-order valence-corrected chi connectivity index (χ1v) is 10.1. The van der Waals surface area contributed by atoms with E-state index in [2.05, 4.69) is 19.9 Å².